The van der Waals surface area contributed by atoms with Crippen molar-refractivity contribution in [3.05, 3.63) is 0 Å². The number of nitrogens with zero attached hydrogens (tertiary/aromatic N) is 1. The van der Waals surface area contributed by atoms with Crippen LogP contribution < -0.4 is 11.1 Å². The highest BCUT2D eigenvalue weighted by molar-refractivity contribution is 5.87. The van der Waals surface area contributed by atoms with Crippen LogP contribution >= 0.6 is 0 Å². The highest BCUT2D eigenvalue weighted by Crippen LogP contribution is 2.11. The van der Waals surface area contributed by atoms with Crippen molar-refractivity contribution in [3.8, 4) is 0 Å². The molecule has 0 aromatic carbocycles. The lowest BCUT2D eigenvalue weighted by atomic mass is 10.1. The van der Waals surface area contributed by atoms with Gasteiger partial charge in [0.1, 0.15) is 0 Å². The molecule has 0 bridgehead atoms. The molecule has 1 aliphatic heterocycles. The molecule has 6 heteroatoms. The van der Waals surface area contributed by atoms with Gasteiger partial charge in [-0.3, -0.25) is 4.79 Å². The number of amides is 1. The van der Waals surface area contributed by atoms with Gasteiger partial charge in [-0.25, -0.2) is 0 Å². The summed E-state index contributed by atoms with van der Waals surface area (Å²) < 4.78 is 5.04. The molecule has 1 atom stereocenters. The molecule has 1 rings (SSSR count). The van der Waals surface area contributed by atoms with Crippen LogP contribution in [-0.4, -0.2) is 36.7 Å². The van der Waals surface area contributed by atoms with Crippen LogP contribution in [0.3, 0.4) is 0 Å². The van der Waals surface area contributed by atoms with Gasteiger partial charge in [0.05, 0.1) is 19.1 Å². The monoisotopic (exact) mass is 187 g/mol. The zero-order valence-corrected chi connectivity index (χ0v) is 7.19. The summed E-state index contributed by atoms with van der Waals surface area (Å²) >= 11 is 0. The van der Waals surface area contributed by atoms with Gasteiger partial charge in [0.25, 0.3) is 0 Å². The Morgan fingerprint density at radius 3 is 3.08 bits per heavy atom. The normalized spacial score (nSPS) is 23.1. The van der Waals surface area contributed by atoms with Gasteiger partial charge in [-0.2, -0.15) is 0 Å². The molecule has 1 heterocycles. The van der Waals surface area contributed by atoms with Gasteiger partial charge in [-0.15, -0.1) is 0 Å². The van der Waals surface area contributed by atoms with Gasteiger partial charge in [0.15, 0.2) is 5.84 Å². The first-order valence-electron chi connectivity index (χ1n) is 4.06. The Morgan fingerprint density at radius 2 is 2.54 bits per heavy atom. The van der Waals surface area contributed by atoms with E-state index in [-0.39, 0.29) is 24.2 Å². The molecule has 4 N–H and O–H groups in total. The number of amidine groups is 1. The molecule has 1 fully saturated rings. The Kier molecular flexibility index (Phi) is 3.51. The number of rotatable bonds is 3. The number of carbonyl (C=O) groups excluding carboxylic acids is 1. The minimum atomic E-state index is -0.107. The summed E-state index contributed by atoms with van der Waals surface area (Å²) in [4.78, 5) is 11.3. The van der Waals surface area contributed by atoms with Crippen molar-refractivity contribution in [2.45, 2.75) is 6.42 Å². The minimum Gasteiger partial charge on any atom is -0.409 e. The maximum Gasteiger partial charge on any atom is 0.225 e. The molecule has 1 aliphatic rings. The molecule has 0 aliphatic carbocycles. The molecule has 0 aromatic heterocycles. The van der Waals surface area contributed by atoms with Gasteiger partial charge in [-0.05, 0) is 6.42 Å². The Balaban J connectivity index is 2.24. The predicted octanol–water partition coefficient (Wildman–Crippen LogP) is -1.11. The van der Waals surface area contributed by atoms with E-state index in [0.717, 1.165) is 6.42 Å². The summed E-state index contributed by atoms with van der Waals surface area (Å²) in [7, 11) is 0. The average molecular weight is 187 g/mol. The van der Waals surface area contributed by atoms with E-state index in [4.69, 9.17) is 15.7 Å². The Labute approximate surface area is 75.7 Å². The number of oxime groups is 1. The van der Waals surface area contributed by atoms with Crippen LogP contribution in [0.4, 0.5) is 0 Å². The second-order valence-corrected chi connectivity index (χ2v) is 2.87. The number of hydrogen-bond acceptors (Lipinski definition) is 4. The summed E-state index contributed by atoms with van der Waals surface area (Å²) in [6, 6.07) is 0. The molecule has 1 unspecified atom stereocenters. The molecule has 0 saturated carbocycles. The topological polar surface area (TPSA) is 96.9 Å². The fraction of sp³-hybridized carbons (Fsp3) is 0.714. The highest BCUT2D eigenvalue weighted by Gasteiger charge is 2.22. The van der Waals surface area contributed by atoms with Crippen molar-refractivity contribution < 1.29 is 14.7 Å². The predicted molar refractivity (Wildman–Crippen MR) is 45.3 cm³/mol. The molecule has 0 aromatic rings. The van der Waals surface area contributed by atoms with Crippen LogP contribution in [-0.2, 0) is 9.53 Å². The van der Waals surface area contributed by atoms with Crippen LogP contribution in [0.5, 0.6) is 0 Å². The van der Waals surface area contributed by atoms with Crippen molar-refractivity contribution >= 4 is 11.7 Å². The fourth-order valence-electron chi connectivity index (χ4n) is 1.10. The Morgan fingerprint density at radius 1 is 1.77 bits per heavy atom. The van der Waals surface area contributed by atoms with E-state index < -0.39 is 0 Å². The van der Waals surface area contributed by atoms with Gasteiger partial charge in [-0.1, -0.05) is 5.16 Å². The van der Waals surface area contributed by atoms with E-state index in [9.17, 15) is 4.79 Å². The summed E-state index contributed by atoms with van der Waals surface area (Å²) in [6.07, 6.45) is 0.738. The second-order valence-electron chi connectivity index (χ2n) is 2.87. The molecule has 1 saturated heterocycles. The fourth-order valence-corrected chi connectivity index (χ4v) is 1.10. The van der Waals surface area contributed by atoms with Crippen LogP contribution in [0.2, 0.25) is 0 Å². The van der Waals surface area contributed by atoms with Crippen molar-refractivity contribution in [3.63, 3.8) is 0 Å². The maximum absolute atomic E-state index is 11.3. The molecular formula is C7H13N3O3. The quantitative estimate of drug-likeness (QED) is 0.226. The first-order chi connectivity index (χ1) is 6.24. The van der Waals surface area contributed by atoms with E-state index in [0.29, 0.717) is 13.2 Å². The van der Waals surface area contributed by atoms with Crippen LogP contribution in [0.25, 0.3) is 0 Å². The molecule has 0 spiro atoms. The molecule has 1 amide bonds. The number of nitrogens with one attached hydrogen (secondary N) is 1. The maximum atomic E-state index is 11.3. The summed E-state index contributed by atoms with van der Waals surface area (Å²) in [5, 5.41) is 13.5. The van der Waals surface area contributed by atoms with Crippen LogP contribution in [0.15, 0.2) is 5.16 Å². The second kappa shape index (κ2) is 4.66. The number of hydrogen-bond donors (Lipinski definition) is 3. The lowest BCUT2D eigenvalue weighted by molar-refractivity contribution is -0.124. The zero-order chi connectivity index (χ0) is 9.68. The SMILES string of the molecule is NC(CNC(=O)C1CCOC1)=NO. The van der Waals surface area contributed by atoms with Gasteiger partial charge >= 0.3 is 0 Å². The first kappa shape index (κ1) is 9.79. The minimum absolute atomic E-state index is 0.00716. The van der Waals surface area contributed by atoms with Crippen LogP contribution in [0.1, 0.15) is 6.42 Å². The van der Waals surface area contributed by atoms with E-state index >= 15 is 0 Å². The summed E-state index contributed by atoms with van der Waals surface area (Å²) in [5.41, 5.74) is 5.17. The molecule has 13 heavy (non-hydrogen) atoms. The third kappa shape index (κ3) is 2.90. The summed E-state index contributed by atoms with van der Waals surface area (Å²) in [5.74, 6) is -0.206. The lowest BCUT2D eigenvalue weighted by Crippen LogP contribution is -2.37. The lowest BCUT2D eigenvalue weighted by Gasteiger charge is -2.07. The molecule has 6 nitrogen and oxygen atoms in total. The molecule has 0 radical (unpaired) electrons. The van der Waals surface area contributed by atoms with Crippen molar-refractivity contribution in [2.75, 3.05) is 19.8 Å². The van der Waals surface area contributed by atoms with Gasteiger partial charge < -0.3 is 21.0 Å². The molecule has 74 valence electrons. The number of nitrogens with two attached hydrogens (primary N) is 1. The number of carbonyl (C=O) groups is 1. The molecular weight excluding hydrogens is 174 g/mol. The van der Waals surface area contributed by atoms with E-state index in [1.165, 1.54) is 0 Å². The van der Waals surface area contributed by atoms with Crippen LogP contribution in [0, 0.1) is 5.92 Å². The van der Waals surface area contributed by atoms with Gasteiger partial charge in [0, 0.05) is 6.61 Å². The number of ether oxygens (including phenoxy) is 1. The zero-order valence-electron chi connectivity index (χ0n) is 7.19. The van der Waals surface area contributed by atoms with Gasteiger partial charge in [0.2, 0.25) is 5.91 Å². The van der Waals surface area contributed by atoms with E-state index in [1.807, 2.05) is 0 Å². The summed E-state index contributed by atoms with van der Waals surface area (Å²) in [6.45, 7) is 1.16. The largest absolute Gasteiger partial charge is 0.409 e. The third-order valence-corrected chi connectivity index (χ3v) is 1.87. The van der Waals surface area contributed by atoms with Crippen molar-refractivity contribution in [2.24, 2.45) is 16.8 Å². The van der Waals surface area contributed by atoms with Crippen molar-refractivity contribution in [1.29, 1.82) is 0 Å². The third-order valence-electron chi connectivity index (χ3n) is 1.87. The van der Waals surface area contributed by atoms with E-state index in [2.05, 4.69) is 10.5 Å². The smallest absolute Gasteiger partial charge is 0.225 e. The Hall–Kier alpha value is -1.30. The van der Waals surface area contributed by atoms with Crippen molar-refractivity contribution in [1.82, 2.24) is 5.32 Å². The highest BCUT2D eigenvalue weighted by atomic mass is 16.5. The van der Waals surface area contributed by atoms with E-state index in [1.54, 1.807) is 0 Å². The standard InChI is InChI=1S/C7H13N3O3/c8-6(10-12)3-9-7(11)5-1-2-13-4-5/h5,12H,1-4H2,(H2,8,10)(H,9,11). The Bertz CT molecular complexity index is 211. The average Bonchev–Trinajstić information content (AvgIpc) is 2.66. The first-order valence-corrected chi connectivity index (χ1v) is 4.06.